The Kier molecular flexibility index (Phi) is 6.53. The van der Waals surface area contributed by atoms with Gasteiger partial charge in [0.25, 0.3) is 5.91 Å². The highest BCUT2D eigenvalue weighted by Gasteiger charge is 2.36. The van der Waals surface area contributed by atoms with Crippen LogP contribution in [0.3, 0.4) is 0 Å². The molecule has 2 fully saturated rings. The number of carbonyl (C=O) groups is 2. The van der Waals surface area contributed by atoms with E-state index in [9.17, 15) is 14.7 Å². The predicted octanol–water partition coefficient (Wildman–Crippen LogP) is 2.60. The highest BCUT2D eigenvalue weighted by molar-refractivity contribution is 6.02. The third-order valence-electron chi connectivity index (χ3n) is 6.66. The summed E-state index contributed by atoms with van der Waals surface area (Å²) < 4.78 is 6.52. The Morgan fingerprint density at radius 2 is 2.03 bits per heavy atom. The first-order valence-corrected chi connectivity index (χ1v) is 11.6. The predicted molar refractivity (Wildman–Crippen MR) is 119 cm³/mol. The fraction of sp³-hybridized carbons (Fsp3) is 0.667. The summed E-state index contributed by atoms with van der Waals surface area (Å²) >= 11 is 0. The molecule has 1 aromatic carbocycles. The zero-order valence-corrected chi connectivity index (χ0v) is 18.8. The molecule has 0 saturated heterocycles. The van der Waals surface area contributed by atoms with Crippen molar-refractivity contribution in [2.75, 3.05) is 38.6 Å². The molecule has 0 radical (unpaired) electrons. The number of rotatable bonds is 8. The molecule has 170 valence electrons. The zero-order chi connectivity index (χ0) is 22.1. The van der Waals surface area contributed by atoms with E-state index in [1.54, 1.807) is 17.0 Å². The topological polar surface area (TPSA) is 82.1 Å². The molecule has 0 unspecified atom stereocenters. The Morgan fingerprint density at radius 3 is 2.68 bits per heavy atom. The van der Waals surface area contributed by atoms with Crippen molar-refractivity contribution in [1.82, 2.24) is 9.80 Å². The molecule has 0 spiro atoms. The number of aliphatic hydroxyl groups is 1. The van der Waals surface area contributed by atoms with Crippen LogP contribution in [0, 0.1) is 17.8 Å². The summed E-state index contributed by atoms with van der Waals surface area (Å²) in [6.07, 6.45) is 4.27. The van der Waals surface area contributed by atoms with Crippen molar-refractivity contribution >= 4 is 17.5 Å². The molecule has 1 aliphatic heterocycles. The van der Waals surface area contributed by atoms with Gasteiger partial charge in [-0.25, -0.2) is 0 Å². The summed E-state index contributed by atoms with van der Waals surface area (Å²) in [4.78, 5) is 29.9. The van der Waals surface area contributed by atoms with Gasteiger partial charge in [-0.05, 0) is 57.7 Å². The van der Waals surface area contributed by atoms with Crippen molar-refractivity contribution in [2.24, 2.45) is 17.8 Å². The maximum absolute atomic E-state index is 13.4. The number of hydrogen-bond donors (Lipinski definition) is 2. The lowest BCUT2D eigenvalue weighted by molar-refractivity contribution is -0.117. The van der Waals surface area contributed by atoms with Crippen molar-refractivity contribution in [3.05, 3.63) is 23.8 Å². The largest absolute Gasteiger partial charge is 0.486 e. The van der Waals surface area contributed by atoms with Gasteiger partial charge in [-0.2, -0.15) is 0 Å². The van der Waals surface area contributed by atoms with E-state index in [0.717, 1.165) is 31.8 Å². The molecule has 4 rings (SSSR count). The van der Waals surface area contributed by atoms with E-state index in [-0.39, 0.29) is 42.4 Å². The van der Waals surface area contributed by atoms with Gasteiger partial charge in [0.05, 0.1) is 23.9 Å². The van der Waals surface area contributed by atoms with Gasteiger partial charge in [-0.1, -0.05) is 13.0 Å². The molecule has 2 aliphatic carbocycles. The van der Waals surface area contributed by atoms with E-state index in [1.165, 1.54) is 12.8 Å². The minimum Gasteiger partial charge on any atom is -0.486 e. The number of para-hydroxylation sites is 1. The summed E-state index contributed by atoms with van der Waals surface area (Å²) in [5, 5.41) is 12.8. The van der Waals surface area contributed by atoms with Gasteiger partial charge >= 0.3 is 0 Å². The van der Waals surface area contributed by atoms with Crippen LogP contribution in [0.25, 0.3) is 0 Å². The SMILES string of the molecule is C[C@@H]1CN([C@H](C)CO)C(=O)c2cccc(NC(=O)C3CC3)c2O[C@@H]1CN(C)CC1CC1. The van der Waals surface area contributed by atoms with Crippen LogP contribution in [0.1, 0.15) is 49.9 Å². The summed E-state index contributed by atoms with van der Waals surface area (Å²) in [6, 6.07) is 5.05. The summed E-state index contributed by atoms with van der Waals surface area (Å²) in [7, 11) is 2.12. The maximum Gasteiger partial charge on any atom is 0.258 e. The van der Waals surface area contributed by atoms with Gasteiger partial charge in [0.2, 0.25) is 5.91 Å². The fourth-order valence-corrected chi connectivity index (χ4v) is 4.26. The number of ether oxygens (including phenoxy) is 1. The van der Waals surface area contributed by atoms with E-state index in [4.69, 9.17) is 4.74 Å². The standard InChI is InChI=1S/C24H35N3O4/c1-15-11-27(16(2)14-28)24(30)19-5-4-6-20(25-23(29)18-9-10-18)22(19)31-21(15)13-26(3)12-17-7-8-17/h4-6,15-18,21,28H,7-14H2,1-3H3,(H,25,29)/t15-,16-,21-/m1/s1. The molecule has 2 saturated carbocycles. The number of nitrogens with zero attached hydrogens (tertiary/aromatic N) is 2. The van der Waals surface area contributed by atoms with Gasteiger partial charge in [-0.15, -0.1) is 0 Å². The first-order chi connectivity index (χ1) is 14.9. The van der Waals surface area contributed by atoms with Crippen molar-refractivity contribution in [1.29, 1.82) is 0 Å². The lowest BCUT2D eigenvalue weighted by atomic mass is 9.99. The average Bonchev–Trinajstić information content (AvgIpc) is 3.64. The van der Waals surface area contributed by atoms with Crippen LogP contribution in [0.2, 0.25) is 0 Å². The number of likely N-dealkylation sites (N-methyl/N-ethyl adjacent to an activating group) is 1. The monoisotopic (exact) mass is 429 g/mol. The maximum atomic E-state index is 13.4. The molecule has 7 nitrogen and oxygen atoms in total. The van der Waals surface area contributed by atoms with Gasteiger partial charge in [0.1, 0.15) is 6.10 Å². The number of amides is 2. The third kappa shape index (κ3) is 5.21. The van der Waals surface area contributed by atoms with E-state index in [2.05, 4.69) is 24.2 Å². The molecule has 3 atom stereocenters. The molecule has 7 heteroatoms. The molecule has 1 aromatic rings. The second kappa shape index (κ2) is 9.17. The second-order valence-corrected chi connectivity index (χ2v) is 9.73. The number of benzene rings is 1. The van der Waals surface area contributed by atoms with Crippen LogP contribution >= 0.6 is 0 Å². The van der Waals surface area contributed by atoms with Crippen molar-refractivity contribution < 1.29 is 19.4 Å². The minimum atomic E-state index is -0.296. The first kappa shape index (κ1) is 22.1. The normalized spacial score (nSPS) is 24.8. The van der Waals surface area contributed by atoms with Gasteiger partial charge < -0.3 is 25.0 Å². The Morgan fingerprint density at radius 1 is 1.29 bits per heavy atom. The summed E-state index contributed by atoms with van der Waals surface area (Å²) in [6.45, 7) is 6.17. The molecule has 0 aromatic heterocycles. The highest BCUT2D eigenvalue weighted by Crippen LogP contribution is 2.37. The first-order valence-electron chi connectivity index (χ1n) is 11.6. The fourth-order valence-electron chi connectivity index (χ4n) is 4.26. The summed E-state index contributed by atoms with van der Waals surface area (Å²) in [5.41, 5.74) is 0.999. The molecule has 1 heterocycles. The van der Waals surface area contributed by atoms with Gasteiger partial charge in [0, 0.05) is 31.5 Å². The molecule has 0 bridgehead atoms. The van der Waals surface area contributed by atoms with Crippen molar-refractivity contribution in [3.8, 4) is 5.75 Å². The number of fused-ring (bicyclic) bond motifs is 1. The van der Waals surface area contributed by atoms with Crippen LogP contribution in [0.15, 0.2) is 18.2 Å². The molecular weight excluding hydrogens is 394 g/mol. The Bertz CT molecular complexity index is 821. The molecule has 31 heavy (non-hydrogen) atoms. The van der Waals surface area contributed by atoms with E-state index in [1.807, 2.05) is 13.0 Å². The highest BCUT2D eigenvalue weighted by atomic mass is 16.5. The lowest BCUT2D eigenvalue weighted by Crippen LogP contribution is -2.50. The van der Waals surface area contributed by atoms with Crippen LogP contribution in [0.4, 0.5) is 5.69 Å². The van der Waals surface area contributed by atoms with E-state index in [0.29, 0.717) is 23.5 Å². The number of anilines is 1. The molecule has 3 aliphatic rings. The van der Waals surface area contributed by atoms with Crippen molar-refractivity contribution in [3.63, 3.8) is 0 Å². The number of nitrogens with one attached hydrogen (secondary N) is 1. The van der Waals surface area contributed by atoms with Crippen molar-refractivity contribution in [2.45, 2.75) is 51.7 Å². The van der Waals surface area contributed by atoms with E-state index < -0.39 is 0 Å². The lowest BCUT2D eigenvalue weighted by Gasteiger charge is -2.38. The smallest absolute Gasteiger partial charge is 0.258 e. The Balaban J connectivity index is 1.66. The molecule has 2 N–H and O–H groups in total. The zero-order valence-electron chi connectivity index (χ0n) is 18.8. The average molecular weight is 430 g/mol. The third-order valence-corrected chi connectivity index (χ3v) is 6.66. The second-order valence-electron chi connectivity index (χ2n) is 9.73. The van der Waals surface area contributed by atoms with Gasteiger partial charge in [-0.3, -0.25) is 9.59 Å². The number of hydrogen-bond acceptors (Lipinski definition) is 5. The summed E-state index contributed by atoms with van der Waals surface area (Å²) in [5.74, 6) is 1.18. The minimum absolute atomic E-state index is 0.0115. The van der Waals surface area contributed by atoms with Crippen LogP contribution in [-0.2, 0) is 4.79 Å². The van der Waals surface area contributed by atoms with Gasteiger partial charge in [0.15, 0.2) is 5.75 Å². The Hall–Kier alpha value is -2.12. The molecule has 2 amide bonds. The Labute approximate surface area is 184 Å². The van der Waals surface area contributed by atoms with Crippen LogP contribution < -0.4 is 10.1 Å². The quantitative estimate of drug-likeness (QED) is 0.664. The number of aliphatic hydroxyl groups excluding tert-OH is 1. The molecular formula is C24H35N3O4. The van der Waals surface area contributed by atoms with Crippen LogP contribution in [-0.4, -0.2) is 72.2 Å². The van der Waals surface area contributed by atoms with Crippen LogP contribution in [0.5, 0.6) is 5.75 Å². The van der Waals surface area contributed by atoms with E-state index >= 15 is 0 Å². The number of carbonyl (C=O) groups excluding carboxylic acids is 2.